The summed E-state index contributed by atoms with van der Waals surface area (Å²) in [5, 5.41) is 16.8. The fourth-order valence-corrected chi connectivity index (χ4v) is 2.72. The third-order valence-electron chi connectivity index (χ3n) is 4.01. The van der Waals surface area contributed by atoms with Crippen molar-refractivity contribution in [3.05, 3.63) is 77.1 Å². The minimum absolute atomic E-state index is 0.0644. The lowest BCUT2D eigenvalue weighted by molar-refractivity contribution is 0.459. The minimum atomic E-state index is -0.0644. The number of nitrogens with zero attached hydrogens (tertiary/aromatic N) is 3. The Hall–Kier alpha value is -2.81. The van der Waals surface area contributed by atoms with Crippen molar-refractivity contribution >= 4 is 11.8 Å². The van der Waals surface area contributed by atoms with Crippen LogP contribution in [0.5, 0.6) is 11.5 Å². The van der Waals surface area contributed by atoms with Crippen molar-refractivity contribution in [3.8, 4) is 17.6 Å². The van der Waals surface area contributed by atoms with E-state index in [1.807, 2.05) is 6.92 Å². The summed E-state index contributed by atoms with van der Waals surface area (Å²) < 4.78 is 7.11. The highest BCUT2D eigenvalue weighted by atomic mass is 35.5. The summed E-state index contributed by atoms with van der Waals surface area (Å²) in [6.45, 7) is 4.78. The van der Waals surface area contributed by atoms with Gasteiger partial charge in [-0.2, -0.15) is 14.6 Å². The Labute approximate surface area is 157 Å². The molecular formula is C20H19ClN4O. The van der Waals surface area contributed by atoms with Crippen molar-refractivity contribution < 1.29 is 4.74 Å². The largest absolute Gasteiger partial charge is 0.454 e. The Bertz CT molecular complexity index is 928. The average Bonchev–Trinajstić information content (AvgIpc) is 3.01. The number of ether oxygens (including phenoxy) is 1. The molecule has 0 spiro atoms. The molecule has 1 atom stereocenters. The Morgan fingerprint density at radius 2 is 2.04 bits per heavy atom. The lowest BCUT2D eigenvalue weighted by Crippen LogP contribution is -2.19. The number of rotatable bonds is 6. The molecule has 0 radical (unpaired) electrons. The minimum Gasteiger partial charge on any atom is -0.454 e. The second-order valence-electron chi connectivity index (χ2n) is 6.10. The van der Waals surface area contributed by atoms with E-state index in [2.05, 4.69) is 47.7 Å². The molecule has 2 aromatic carbocycles. The number of nitriles is 1. The molecule has 0 aliphatic carbocycles. The van der Waals surface area contributed by atoms with Crippen LogP contribution in [0.15, 0.2) is 54.7 Å². The van der Waals surface area contributed by atoms with Gasteiger partial charge in [-0.1, -0.05) is 35.9 Å². The van der Waals surface area contributed by atoms with Gasteiger partial charge in [-0.3, -0.25) is 0 Å². The Balaban J connectivity index is 1.73. The fraction of sp³-hybridized carbons (Fsp3) is 0.200. The first kappa shape index (κ1) is 18.0. The zero-order valence-corrected chi connectivity index (χ0v) is 15.4. The molecule has 1 N–H and O–H groups in total. The van der Waals surface area contributed by atoms with Crippen molar-refractivity contribution in [1.82, 2.24) is 14.6 Å². The molecule has 1 unspecified atom stereocenters. The van der Waals surface area contributed by atoms with E-state index >= 15 is 0 Å². The first-order valence-corrected chi connectivity index (χ1v) is 8.61. The maximum atomic E-state index is 9.02. The molecule has 1 heterocycles. The molecule has 0 saturated carbocycles. The number of aromatic nitrogens is 2. The molecule has 0 aliphatic heterocycles. The highest BCUT2D eigenvalue weighted by Crippen LogP contribution is 2.29. The predicted molar refractivity (Wildman–Crippen MR) is 101 cm³/mol. The van der Waals surface area contributed by atoms with Gasteiger partial charge in [0.05, 0.1) is 23.9 Å². The zero-order valence-electron chi connectivity index (χ0n) is 14.6. The summed E-state index contributed by atoms with van der Waals surface area (Å²) in [6.07, 6.45) is 1.61. The second kappa shape index (κ2) is 8.05. The molecule has 1 aromatic heterocycles. The van der Waals surface area contributed by atoms with Crippen LogP contribution < -0.4 is 10.1 Å². The number of nitrogens with one attached hydrogen (secondary N) is 1. The van der Waals surface area contributed by atoms with Crippen LogP contribution in [0.1, 0.15) is 35.3 Å². The number of aryl methyl sites for hydroxylation is 1. The normalized spacial score (nSPS) is 11.8. The topological polar surface area (TPSA) is 62.9 Å². The summed E-state index contributed by atoms with van der Waals surface area (Å²) >= 11 is 6.01. The van der Waals surface area contributed by atoms with Gasteiger partial charge >= 0.3 is 0 Å². The van der Waals surface area contributed by atoms with Crippen LogP contribution in [0.25, 0.3) is 0 Å². The fourth-order valence-electron chi connectivity index (χ4n) is 2.55. The zero-order chi connectivity index (χ0) is 18.5. The van der Waals surface area contributed by atoms with E-state index in [0.717, 1.165) is 0 Å². The van der Waals surface area contributed by atoms with Crippen LogP contribution in [0.3, 0.4) is 0 Å². The summed E-state index contributed by atoms with van der Waals surface area (Å²) in [5.41, 5.74) is 3.66. The second-order valence-corrected chi connectivity index (χ2v) is 6.44. The molecule has 0 bridgehead atoms. The monoisotopic (exact) mass is 366 g/mol. The first-order chi connectivity index (χ1) is 12.5. The van der Waals surface area contributed by atoms with Gasteiger partial charge in [0.2, 0.25) is 0 Å². The van der Waals surface area contributed by atoms with Crippen LogP contribution in [0.4, 0.5) is 0 Å². The summed E-state index contributed by atoms with van der Waals surface area (Å²) in [5.74, 6) is 1.12. The van der Waals surface area contributed by atoms with Crippen molar-refractivity contribution in [2.75, 3.05) is 0 Å². The van der Waals surface area contributed by atoms with Crippen LogP contribution >= 0.6 is 11.8 Å². The van der Waals surface area contributed by atoms with E-state index in [9.17, 15) is 0 Å². The van der Waals surface area contributed by atoms with Gasteiger partial charge in [0.25, 0.3) is 0 Å². The third-order valence-corrected chi connectivity index (χ3v) is 4.19. The molecule has 0 aliphatic rings. The standard InChI is InChI=1S/C20H19ClN4O/c1-14-6-8-16(9-7-14)12-23-15(2)20-19(13-25(21)24-20)26-18-5-3-4-17(10-18)11-22/h3-10,13,15,23H,12H2,1-2H3. The van der Waals surface area contributed by atoms with Gasteiger partial charge in [0.15, 0.2) is 5.75 Å². The van der Waals surface area contributed by atoms with E-state index < -0.39 is 0 Å². The summed E-state index contributed by atoms with van der Waals surface area (Å²) in [7, 11) is 0. The maximum Gasteiger partial charge on any atom is 0.171 e. The van der Waals surface area contributed by atoms with Crippen LogP contribution in [-0.4, -0.2) is 9.30 Å². The number of halogens is 1. The third kappa shape index (κ3) is 4.42. The van der Waals surface area contributed by atoms with Gasteiger partial charge in [-0.25, -0.2) is 0 Å². The first-order valence-electron chi connectivity index (χ1n) is 8.28. The Morgan fingerprint density at radius 3 is 2.77 bits per heavy atom. The summed E-state index contributed by atoms with van der Waals surface area (Å²) in [6, 6.07) is 17.4. The lowest BCUT2D eigenvalue weighted by Gasteiger charge is -2.14. The molecule has 3 aromatic rings. The molecule has 6 heteroatoms. The van der Waals surface area contributed by atoms with E-state index in [-0.39, 0.29) is 6.04 Å². The average molecular weight is 367 g/mol. The van der Waals surface area contributed by atoms with Gasteiger partial charge in [-0.15, -0.1) is 0 Å². The van der Waals surface area contributed by atoms with Crippen molar-refractivity contribution in [1.29, 1.82) is 5.26 Å². The van der Waals surface area contributed by atoms with Gasteiger partial charge in [-0.05, 0) is 37.6 Å². The van der Waals surface area contributed by atoms with Gasteiger partial charge < -0.3 is 10.1 Å². The van der Waals surface area contributed by atoms with E-state index in [0.29, 0.717) is 29.3 Å². The molecule has 0 saturated heterocycles. The Morgan fingerprint density at radius 1 is 1.27 bits per heavy atom. The van der Waals surface area contributed by atoms with Crippen LogP contribution in [0.2, 0.25) is 0 Å². The smallest absolute Gasteiger partial charge is 0.171 e. The molecule has 26 heavy (non-hydrogen) atoms. The number of hydrogen-bond acceptors (Lipinski definition) is 4. The van der Waals surface area contributed by atoms with Gasteiger partial charge in [0, 0.05) is 18.3 Å². The highest BCUT2D eigenvalue weighted by molar-refractivity contribution is 6.14. The molecular weight excluding hydrogens is 348 g/mol. The molecule has 3 rings (SSSR count). The summed E-state index contributed by atoms with van der Waals surface area (Å²) in [4.78, 5) is 0. The maximum absolute atomic E-state index is 9.02. The van der Waals surface area contributed by atoms with E-state index in [1.165, 1.54) is 15.3 Å². The van der Waals surface area contributed by atoms with Crippen molar-refractivity contribution in [2.45, 2.75) is 26.4 Å². The molecule has 5 nitrogen and oxygen atoms in total. The highest BCUT2D eigenvalue weighted by Gasteiger charge is 2.17. The SMILES string of the molecule is Cc1ccc(CNC(C)c2nn(Cl)cc2Oc2cccc(C#N)c2)cc1. The van der Waals surface area contributed by atoms with Crippen molar-refractivity contribution in [3.63, 3.8) is 0 Å². The van der Waals surface area contributed by atoms with E-state index in [4.69, 9.17) is 21.8 Å². The molecule has 0 amide bonds. The molecule has 0 fully saturated rings. The van der Waals surface area contributed by atoms with E-state index in [1.54, 1.807) is 30.5 Å². The van der Waals surface area contributed by atoms with Gasteiger partial charge in [0.1, 0.15) is 11.4 Å². The van der Waals surface area contributed by atoms with Crippen LogP contribution in [-0.2, 0) is 6.54 Å². The van der Waals surface area contributed by atoms with Crippen molar-refractivity contribution in [2.24, 2.45) is 0 Å². The number of benzene rings is 2. The quantitative estimate of drug-likeness (QED) is 0.686. The molecule has 132 valence electrons. The number of hydrogen-bond donors (Lipinski definition) is 1. The lowest BCUT2D eigenvalue weighted by atomic mass is 10.1. The Kier molecular flexibility index (Phi) is 5.57. The predicted octanol–water partition coefficient (Wildman–Crippen LogP) is 4.71. The van der Waals surface area contributed by atoms with Crippen LogP contribution in [0, 0.1) is 18.3 Å².